The summed E-state index contributed by atoms with van der Waals surface area (Å²) >= 11 is 0. The molecule has 0 unspecified atom stereocenters. The number of aromatic nitrogens is 2. The molecule has 130 valence electrons. The van der Waals surface area contributed by atoms with E-state index in [1.54, 1.807) is 12.1 Å². The van der Waals surface area contributed by atoms with Crippen LogP contribution in [0.15, 0.2) is 60.7 Å². The second-order valence-electron chi connectivity index (χ2n) is 6.42. The smallest absolute Gasteiger partial charge is 0.229 e. The third kappa shape index (κ3) is 4.58. The maximum Gasteiger partial charge on any atom is 0.229 e. The highest BCUT2D eigenvalue weighted by atomic mass is 15.1. The van der Waals surface area contributed by atoms with E-state index in [2.05, 4.69) is 40.5 Å². The lowest BCUT2D eigenvalue weighted by Crippen LogP contribution is -2.10. The van der Waals surface area contributed by atoms with E-state index >= 15 is 0 Å². The van der Waals surface area contributed by atoms with Gasteiger partial charge in [0.25, 0.3) is 0 Å². The average Bonchev–Trinajstić information content (AvgIpc) is 2.67. The van der Waals surface area contributed by atoms with Gasteiger partial charge in [-0.05, 0) is 24.1 Å². The molecule has 3 aromatic rings. The van der Waals surface area contributed by atoms with Gasteiger partial charge in [0.2, 0.25) is 5.95 Å². The lowest BCUT2D eigenvalue weighted by atomic mass is 10.1. The first-order chi connectivity index (χ1) is 12.6. The predicted octanol–water partition coefficient (Wildman–Crippen LogP) is 4.83. The molecule has 26 heavy (non-hydrogen) atoms. The highest BCUT2D eigenvalue weighted by Crippen LogP contribution is 2.23. The monoisotopic (exact) mass is 343 g/mol. The summed E-state index contributed by atoms with van der Waals surface area (Å²) in [7, 11) is 0. The maximum atomic E-state index is 9.07. The number of rotatable bonds is 6. The third-order valence-electron chi connectivity index (χ3n) is 3.73. The van der Waals surface area contributed by atoms with Crippen LogP contribution in [0.5, 0.6) is 0 Å². The zero-order valence-corrected chi connectivity index (χ0v) is 14.9. The molecular weight excluding hydrogens is 322 g/mol. The highest BCUT2D eigenvalue weighted by molar-refractivity contribution is 5.66. The Morgan fingerprint density at radius 1 is 1.00 bits per heavy atom. The number of hydrogen-bond acceptors (Lipinski definition) is 5. The molecule has 0 aliphatic heterocycles. The molecule has 0 saturated heterocycles. The molecule has 0 aliphatic carbocycles. The minimum Gasteiger partial charge on any atom is -0.370 e. The molecule has 0 bridgehead atoms. The quantitative estimate of drug-likeness (QED) is 0.671. The predicted molar refractivity (Wildman–Crippen MR) is 105 cm³/mol. The molecule has 0 spiro atoms. The fourth-order valence-corrected chi connectivity index (χ4v) is 2.45. The second-order valence-corrected chi connectivity index (χ2v) is 6.42. The first-order valence-electron chi connectivity index (χ1n) is 8.59. The van der Waals surface area contributed by atoms with Gasteiger partial charge >= 0.3 is 0 Å². The van der Waals surface area contributed by atoms with Crippen molar-refractivity contribution < 1.29 is 0 Å². The number of nitrogens with one attached hydrogen (secondary N) is 2. The van der Waals surface area contributed by atoms with Crippen molar-refractivity contribution in [2.75, 3.05) is 17.2 Å². The zero-order chi connectivity index (χ0) is 18.4. The van der Waals surface area contributed by atoms with Crippen LogP contribution in [-0.4, -0.2) is 16.5 Å². The molecule has 5 nitrogen and oxygen atoms in total. The summed E-state index contributed by atoms with van der Waals surface area (Å²) in [5.74, 6) is 1.77. The lowest BCUT2D eigenvalue weighted by molar-refractivity contribution is 0.687. The minimum atomic E-state index is 0.493. The van der Waals surface area contributed by atoms with Gasteiger partial charge in [-0.3, -0.25) is 0 Å². The van der Waals surface area contributed by atoms with Crippen LogP contribution in [0, 0.1) is 17.2 Å². The summed E-state index contributed by atoms with van der Waals surface area (Å²) in [6.45, 7) is 5.13. The number of nitrogens with zero attached hydrogens (tertiary/aromatic N) is 3. The first kappa shape index (κ1) is 17.4. The van der Waals surface area contributed by atoms with Gasteiger partial charge in [0.05, 0.1) is 17.3 Å². The van der Waals surface area contributed by atoms with E-state index in [-0.39, 0.29) is 0 Å². The van der Waals surface area contributed by atoms with E-state index in [9.17, 15) is 0 Å². The Bertz CT molecular complexity index is 913. The summed E-state index contributed by atoms with van der Waals surface area (Å²) < 4.78 is 0. The summed E-state index contributed by atoms with van der Waals surface area (Å²) in [5, 5.41) is 15.6. The van der Waals surface area contributed by atoms with E-state index in [1.807, 2.05) is 48.5 Å². The van der Waals surface area contributed by atoms with Crippen LogP contribution >= 0.6 is 0 Å². The van der Waals surface area contributed by atoms with Crippen LogP contribution in [0.3, 0.4) is 0 Å². The van der Waals surface area contributed by atoms with Crippen molar-refractivity contribution in [2.45, 2.75) is 13.8 Å². The molecule has 0 radical (unpaired) electrons. The average molecular weight is 343 g/mol. The Morgan fingerprint density at radius 3 is 2.54 bits per heavy atom. The van der Waals surface area contributed by atoms with Crippen molar-refractivity contribution in [3.8, 4) is 17.3 Å². The molecule has 2 N–H and O–H groups in total. The standard InChI is InChI=1S/C21H21N5/c1-15(2)14-23-20-12-19(17-8-4-3-5-9-17)25-21(26-20)24-18-10-6-7-16(11-18)13-22/h3-12,15H,14H2,1-2H3,(H2,23,24,25,26). The van der Waals surface area contributed by atoms with Crippen LogP contribution in [-0.2, 0) is 0 Å². The third-order valence-corrected chi connectivity index (χ3v) is 3.73. The normalized spacial score (nSPS) is 10.4. The number of benzene rings is 2. The number of nitriles is 1. The molecule has 3 rings (SSSR count). The van der Waals surface area contributed by atoms with Crippen LogP contribution in [0.2, 0.25) is 0 Å². The van der Waals surface area contributed by atoms with Gasteiger partial charge in [-0.15, -0.1) is 0 Å². The van der Waals surface area contributed by atoms with Crippen LogP contribution in [0.4, 0.5) is 17.5 Å². The highest BCUT2D eigenvalue weighted by Gasteiger charge is 2.08. The minimum absolute atomic E-state index is 0.493. The van der Waals surface area contributed by atoms with Gasteiger partial charge in [0, 0.05) is 23.9 Å². The summed E-state index contributed by atoms with van der Waals surface area (Å²) in [4.78, 5) is 9.20. The zero-order valence-electron chi connectivity index (χ0n) is 14.9. The van der Waals surface area contributed by atoms with E-state index in [0.29, 0.717) is 17.4 Å². The maximum absolute atomic E-state index is 9.07. The van der Waals surface area contributed by atoms with Crippen LogP contribution in [0.25, 0.3) is 11.3 Å². The van der Waals surface area contributed by atoms with Crippen molar-refractivity contribution in [2.24, 2.45) is 5.92 Å². The van der Waals surface area contributed by atoms with Crippen molar-refractivity contribution in [3.63, 3.8) is 0 Å². The first-order valence-corrected chi connectivity index (χ1v) is 8.59. The molecule has 1 heterocycles. The van der Waals surface area contributed by atoms with Gasteiger partial charge in [0.15, 0.2) is 0 Å². The molecular formula is C21H21N5. The fraction of sp³-hybridized carbons (Fsp3) is 0.190. The van der Waals surface area contributed by atoms with E-state index < -0.39 is 0 Å². The summed E-state index contributed by atoms with van der Waals surface area (Å²) in [6.07, 6.45) is 0. The number of hydrogen-bond donors (Lipinski definition) is 2. The molecule has 5 heteroatoms. The SMILES string of the molecule is CC(C)CNc1cc(-c2ccccc2)nc(Nc2cccc(C#N)c2)n1. The molecule has 0 atom stereocenters. The van der Waals surface area contributed by atoms with Gasteiger partial charge in [0.1, 0.15) is 5.82 Å². The molecule has 0 fully saturated rings. The summed E-state index contributed by atoms with van der Waals surface area (Å²) in [6, 6.07) is 21.4. The van der Waals surface area contributed by atoms with E-state index in [1.165, 1.54) is 0 Å². The Balaban J connectivity index is 1.94. The Morgan fingerprint density at radius 2 is 1.81 bits per heavy atom. The molecule has 2 aromatic carbocycles. The van der Waals surface area contributed by atoms with Crippen molar-refractivity contribution in [1.29, 1.82) is 5.26 Å². The Hall–Kier alpha value is -3.39. The van der Waals surface area contributed by atoms with Crippen molar-refractivity contribution in [1.82, 2.24) is 9.97 Å². The van der Waals surface area contributed by atoms with Gasteiger partial charge in [-0.25, -0.2) is 4.98 Å². The van der Waals surface area contributed by atoms with Gasteiger partial charge < -0.3 is 10.6 Å². The Labute approximate surface area is 153 Å². The largest absolute Gasteiger partial charge is 0.370 e. The van der Waals surface area contributed by atoms with Crippen LogP contribution in [0.1, 0.15) is 19.4 Å². The number of anilines is 3. The van der Waals surface area contributed by atoms with Crippen molar-refractivity contribution in [3.05, 3.63) is 66.2 Å². The molecule has 1 aromatic heterocycles. The van der Waals surface area contributed by atoms with E-state index in [0.717, 1.165) is 29.3 Å². The van der Waals surface area contributed by atoms with E-state index in [4.69, 9.17) is 5.26 Å². The molecule has 0 amide bonds. The van der Waals surface area contributed by atoms with Crippen LogP contribution < -0.4 is 10.6 Å². The fourth-order valence-electron chi connectivity index (χ4n) is 2.45. The molecule has 0 aliphatic rings. The van der Waals surface area contributed by atoms with Crippen molar-refractivity contribution >= 4 is 17.5 Å². The topological polar surface area (TPSA) is 73.6 Å². The molecule has 0 saturated carbocycles. The van der Waals surface area contributed by atoms with Gasteiger partial charge in [-0.1, -0.05) is 50.2 Å². The Kier molecular flexibility index (Phi) is 5.45. The summed E-state index contributed by atoms with van der Waals surface area (Å²) in [5.41, 5.74) is 3.23. The second kappa shape index (κ2) is 8.13. The van der Waals surface area contributed by atoms with Gasteiger partial charge in [-0.2, -0.15) is 10.2 Å². The lowest BCUT2D eigenvalue weighted by Gasteiger charge is -2.13.